The van der Waals surface area contributed by atoms with Crippen molar-refractivity contribution >= 4 is 12.0 Å². The van der Waals surface area contributed by atoms with Crippen LogP contribution in [0.3, 0.4) is 0 Å². The van der Waals surface area contributed by atoms with Crippen LogP contribution in [0.25, 0.3) is 0 Å². The molecule has 0 radical (unpaired) electrons. The van der Waals surface area contributed by atoms with Gasteiger partial charge in [-0.1, -0.05) is 36.4 Å². The highest BCUT2D eigenvalue weighted by atomic mass is 16.5. The molecule has 1 aliphatic rings. The van der Waals surface area contributed by atoms with Gasteiger partial charge >= 0.3 is 0 Å². The summed E-state index contributed by atoms with van der Waals surface area (Å²) in [6, 6.07) is 14.9. The number of hydrogen-bond acceptors (Lipinski definition) is 2. The largest absolute Gasteiger partial charge is 0.368 e. The zero-order valence-electron chi connectivity index (χ0n) is 14.1. The first-order valence-corrected chi connectivity index (χ1v) is 8.23. The predicted octanol–water partition coefficient (Wildman–Crippen LogP) is 4.27. The standard InChI is InChI=1S/C20H24N2O/c1-4-22(3)14-21-19-13-17-10-11-23-20(18(17)12-15(19)2)16-8-6-5-7-9-16/h5-9,12-14,20H,4,10-11H2,1-3H3/t20-/m1/s1. The summed E-state index contributed by atoms with van der Waals surface area (Å²) in [5, 5.41) is 0. The summed E-state index contributed by atoms with van der Waals surface area (Å²) in [4.78, 5) is 6.72. The number of fused-ring (bicyclic) bond motifs is 1. The maximum Gasteiger partial charge on any atom is 0.108 e. The molecule has 0 bridgehead atoms. The third-order valence-electron chi connectivity index (χ3n) is 4.39. The Morgan fingerprint density at radius 1 is 1.26 bits per heavy atom. The number of aliphatic imine (C=N–C) groups is 1. The van der Waals surface area contributed by atoms with Crippen LogP contribution in [-0.4, -0.2) is 31.4 Å². The Morgan fingerprint density at radius 2 is 2.04 bits per heavy atom. The number of nitrogens with zero attached hydrogens (tertiary/aromatic N) is 2. The van der Waals surface area contributed by atoms with Crippen molar-refractivity contribution in [2.24, 2.45) is 4.99 Å². The molecular formula is C20H24N2O. The third kappa shape index (κ3) is 3.45. The highest BCUT2D eigenvalue weighted by molar-refractivity contribution is 5.64. The minimum atomic E-state index is 0.0370. The van der Waals surface area contributed by atoms with E-state index in [-0.39, 0.29) is 6.10 Å². The van der Waals surface area contributed by atoms with Crippen LogP contribution in [0, 0.1) is 6.92 Å². The highest BCUT2D eigenvalue weighted by Gasteiger charge is 2.23. The van der Waals surface area contributed by atoms with Gasteiger partial charge in [0.25, 0.3) is 0 Å². The van der Waals surface area contributed by atoms with E-state index in [4.69, 9.17) is 4.74 Å². The molecule has 0 N–H and O–H groups in total. The van der Waals surface area contributed by atoms with Gasteiger partial charge < -0.3 is 9.64 Å². The van der Waals surface area contributed by atoms with Gasteiger partial charge in [0.05, 0.1) is 18.6 Å². The summed E-state index contributed by atoms with van der Waals surface area (Å²) in [5.41, 5.74) is 6.09. The predicted molar refractivity (Wildman–Crippen MR) is 95.6 cm³/mol. The minimum absolute atomic E-state index is 0.0370. The van der Waals surface area contributed by atoms with Crippen molar-refractivity contribution in [3.8, 4) is 0 Å². The average molecular weight is 308 g/mol. The molecule has 3 nitrogen and oxygen atoms in total. The zero-order chi connectivity index (χ0) is 16.2. The Hall–Kier alpha value is -2.13. The van der Waals surface area contributed by atoms with Crippen LogP contribution in [0.4, 0.5) is 5.69 Å². The summed E-state index contributed by atoms with van der Waals surface area (Å²) >= 11 is 0. The second kappa shape index (κ2) is 6.97. The van der Waals surface area contributed by atoms with E-state index >= 15 is 0 Å². The van der Waals surface area contributed by atoms with E-state index in [1.54, 1.807) is 0 Å². The van der Waals surface area contributed by atoms with Gasteiger partial charge in [-0.3, -0.25) is 0 Å². The molecule has 3 heteroatoms. The Balaban J connectivity index is 1.96. The number of rotatable bonds is 4. The number of ether oxygens (including phenoxy) is 1. The van der Waals surface area contributed by atoms with Crippen molar-refractivity contribution in [1.82, 2.24) is 4.90 Å². The molecule has 1 aliphatic heterocycles. The lowest BCUT2D eigenvalue weighted by Gasteiger charge is -2.27. The SMILES string of the molecule is CCN(C)C=Nc1cc2c(cc1C)[C@@H](c1ccccc1)OCC2. The normalized spacial score (nSPS) is 17.3. The van der Waals surface area contributed by atoms with Gasteiger partial charge in [-0.05, 0) is 48.6 Å². The van der Waals surface area contributed by atoms with E-state index < -0.39 is 0 Å². The number of benzene rings is 2. The maximum absolute atomic E-state index is 6.05. The average Bonchev–Trinajstić information content (AvgIpc) is 2.60. The molecule has 0 aliphatic carbocycles. The minimum Gasteiger partial charge on any atom is -0.368 e. The van der Waals surface area contributed by atoms with Crippen molar-refractivity contribution in [2.45, 2.75) is 26.4 Å². The fourth-order valence-electron chi connectivity index (χ4n) is 2.88. The van der Waals surface area contributed by atoms with Crippen LogP contribution in [0.5, 0.6) is 0 Å². The second-order valence-corrected chi connectivity index (χ2v) is 6.07. The monoisotopic (exact) mass is 308 g/mol. The molecule has 0 saturated heterocycles. The lowest BCUT2D eigenvalue weighted by molar-refractivity contribution is 0.0698. The first-order valence-electron chi connectivity index (χ1n) is 8.23. The molecule has 2 aromatic rings. The molecule has 2 aromatic carbocycles. The van der Waals surface area contributed by atoms with Crippen molar-refractivity contribution < 1.29 is 4.74 Å². The van der Waals surface area contributed by atoms with Crippen molar-refractivity contribution in [3.05, 3.63) is 64.7 Å². The molecule has 0 aromatic heterocycles. The molecular weight excluding hydrogens is 284 g/mol. The van der Waals surface area contributed by atoms with E-state index in [0.717, 1.165) is 25.3 Å². The first-order chi connectivity index (χ1) is 11.2. The summed E-state index contributed by atoms with van der Waals surface area (Å²) < 4.78 is 6.05. The van der Waals surface area contributed by atoms with Gasteiger partial charge in [-0.2, -0.15) is 0 Å². The van der Waals surface area contributed by atoms with Crippen LogP contribution >= 0.6 is 0 Å². The van der Waals surface area contributed by atoms with Gasteiger partial charge in [-0.25, -0.2) is 4.99 Å². The Bertz CT molecular complexity index is 694. The van der Waals surface area contributed by atoms with Crippen molar-refractivity contribution in [1.29, 1.82) is 0 Å². The van der Waals surface area contributed by atoms with Gasteiger partial charge in [-0.15, -0.1) is 0 Å². The summed E-state index contributed by atoms with van der Waals surface area (Å²) in [6.07, 6.45) is 2.89. The zero-order valence-corrected chi connectivity index (χ0v) is 14.1. The van der Waals surface area contributed by atoms with Crippen LogP contribution in [0.15, 0.2) is 47.5 Å². The van der Waals surface area contributed by atoms with E-state index in [2.05, 4.69) is 60.1 Å². The van der Waals surface area contributed by atoms with Crippen LogP contribution in [0.1, 0.15) is 35.3 Å². The van der Waals surface area contributed by atoms with Crippen molar-refractivity contribution in [3.63, 3.8) is 0 Å². The molecule has 0 saturated carbocycles. The summed E-state index contributed by atoms with van der Waals surface area (Å²) in [6.45, 7) is 5.95. The Labute approximate surface area is 138 Å². The number of hydrogen-bond donors (Lipinski definition) is 0. The van der Waals surface area contributed by atoms with Crippen molar-refractivity contribution in [2.75, 3.05) is 20.2 Å². The fraction of sp³-hybridized carbons (Fsp3) is 0.350. The first kappa shape index (κ1) is 15.8. The molecule has 120 valence electrons. The van der Waals surface area contributed by atoms with Crippen LogP contribution in [0.2, 0.25) is 0 Å². The lowest BCUT2D eigenvalue weighted by atomic mass is 9.91. The van der Waals surface area contributed by atoms with Gasteiger partial charge in [0, 0.05) is 13.6 Å². The second-order valence-electron chi connectivity index (χ2n) is 6.07. The highest BCUT2D eigenvalue weighted by Crippen LogP contribution is 2.36. The van der Waals surface area contributed by atoms with Crippen LogP contribution < -0.4 is 0 Å². The third-order valence-corrected chi connectivity index (χ3v) is 4.39. The Morgan fingerprint density at radius 3 is 2.78 bits per heavy atom. The lowest BCUT2D eigenvalue weighted by Crippen LogP contribution is -2.17. The molecule has 0 fully saturated rings. The Kier molecular flexibility index (Phi) is 4.77. The summed E-state index contributed by atoms with van der Waals surface area (Å²) in [7, 11) is 2.04. The number of aryl methyl sites for hydroxylation is 1. The van der Waals surface area contributed by atoms with Gasteiger partial charge in [0.1, 0.15) is 6.10 Å². The topological polar surface area (TPSA) is 24.8 Å². The smallest absolute Gasteiger partial charge is 0.108 e. The maximum atomic E-state index is 6.05. The molecule has 3 rings (SSSR count). The molecule has 1 atom stereocenters. The van der Waals surface area contributed by atoms with E-state index in [1.807, 2.05) is 19.5 Å². The molecule has 23 heavy (non-hydrogen) atoms. The molecule has 1 heterocycles. The molecule has 0 unspecified atom stereocenters. The quantitative estimate of drug-likeness (QED) is 0.622. The molecule has 0 spiro atoms. The summed E-state index contributed by atoms with van der Waals surface area (Å²) in [5.74, 6) is 0. The van der Waals surface area contributed by atoms with E-state index in [1.165, 1.54) is 22.3 Å². The molecule has 0 amide bonds. The van der Waals surface area contributed by atoms with E-state index in [9.17, 15) is 0 Å². The fourth-order valence-corrected chi connectivity index (χ4v) is 2.88. The van der Waals surface area contributed by atoms with E-state index in [0.29, 0.717) is 0 Å². The van der Waals surface area contributed by atoms with Gasteiger partial charge in [0.15, 0.2) is 0 Å². The van der Waals surface area contributed by atoms with Gasteiger partial charge in [0.2, 0.25) is 0 Å². The van der Waals surface area contributed by atoms with Crippen LogP contribution in [-0.2, 0) is 11.2 Å².